The summed E-state index contributed by atoms with van der Waals surface area (Å²) >= 11 is 0. The highest BCUT2D eigenvalue weighted by atomic mass is 16.6. The molecule has 0 saturated carbocycles. The van der Waals surface area contributed by atoms with Crippen molar-refractivity contribution in [2.45, 2.75) is 271 Å². The van der Waals surface area contributed by atoms with Gasteiger partial charge in [0.1, 0.15) is 13.2 Å². The first-order valence-corrected chi connectivity index (χ1v) is 26.8. The molecule has 0 N–H and O–H groups in total. The fourth-order valence-electron chi connectivity index (χ4n) is 7.42. The van der Waals surface area contributed by atoms with Crippen LogP contribution in [0.25, 0.3) is 0 Å². The van der Waals surface area contributed by atoms with Gasteiger partial charge in [-0.25, -0.2) is 0 Å². The van der Waals surface area contributed by atoms with Gasteiger partial charge in [-0.05, 0) is 89.9 Å². The van der Waals surface area contributed by atoms with Gasteiger partial charge in [-0.15, -0.1) is 0 Å². The van der Waals surface area contributed by atoms with Crippen LogP contribution in [-0.4, -0.2) is 37.2 Å². The van der Waals surface area contributed by atoms with Gasteiger partial charge < -0.3 is 14.2 Å². The summed E-state index contributed by atoms with van der Waals surface area (Å²) in [6, 6.07) is 0. The molecule has 0 aliphatic rings. The van der Waals surface area contributed by atoms with Crippen molar-refractivity contribution in [1.29, 1.82) is 0 Å². The van der Waals surface area contributed by atoms with Crippen molar-refractivity contribution in [2.24, 2.45) is 0 Å². The van der Waals surface area contributed by atoms with Crippen LogP contribution in [0.2, 0.25) is 0 Å². The van der Waals surface area contributed by atoms with Crippen LogP contribution >= 0.6 is 0 Å². The number of rotatable bonds is 48. The molecule has 364 valence electrons. The fraction of sp³-hybridized carbons (Fsp3) is 0.772. The SMILES string of the molecule is CCCCC/C=C\C/C=C\C/C=C\CCCCC(=O)O[C@H](COC(=O)CCCCCCCCCCC/C=C\C/C=C\CCCCC)COC(=O)CCCCCCCCCCCCC. The predicted octanol–water partition coefficient (Wildman–Crippen LogP) is 17.6. The van der Waals surface area contributed by atoms with Crippen molar-refractivity contribution < 1.29 is 28.6 Å². The van der Waals surface area contributed by atoms with Gasteiger partial charge >= 0.3 is 17.9 Å². The van der Waals surface area contributed by atoms with Crippen molar-refractivity contribution in [3.63, 3.8) is 0 Å². The zero-order valence-corrected chi connectivity index (χ0v) is 41.6. The first-order valence-electron chi connectivity index (χ1n) is 26.8. The van der Waals surface area contributed by atoms with Crippen molar-refractivity contribution in [3.8, 4) is 0 Å². The van der Waals surface area contributed by atoms with E-state index in [1.54, 1.807) is 0 Å². The van der Waals surface area contributed by atoms with Crippen molar-refractivity contribution in [3.05, 3.63) is 60.8 Å². The predicted molar refractivity (Wildman–Crippen MR) is 270 cm³/mol. The number of allylic oxidation sites excluding steroid dienone is 10. The van der Waals surface area contributed by atoms with E-state index in [0.717, 1.165) is 70.6 Å². The minimum Gasteiger partial charge on any atom is -0.462 e. The highest BCUT2D eigenvalue weighted by Gasteiger charge is 2.19. The molecule has 63 heavy (non-hydrogen) atoms. The minimum absolute atomic E-state index is 0.0889. The molecule has 0 aliphatic carbocycles. The van der Waals surface area contributed by atoms with Crippen LogP contribution in [0.1, 0.15) is 265 Å². The minimum atomic E-state index is -0.793. The maximum absolute atomic E-state index is 12.8. The Labute approximate surface area is 390 Å². The first kappa shape index (κ1) is 60.1. The summed E-state index contributed by atoms with van der Waals surface area (Å²) in [5.41, 5.74) is 0. The molecule has 6 nitrogen and oxygen atoms in total. The Bertz CT molecular complexity index is 1150. The van der Waals surface area contributed by atoms with E-state index in [1.165, 1.54) is 148 Å². The van der Waals surface area contributed by atoms with Crippen LogP contribution in [0.5, 0.6) is 0 Å². The lowest BCUT2D eigenvalue weighted by atomic mass is 10.1. The molecule has 0 aromatic carbocycles. The number of unbranched alkanes of at least 4 members (excludes halogenated alkanes) is 27. The van der Waals surface area contributed by atoms with Gasteiger partial charge in [-0.3, -0.25) is 14.4 Å². The number of esters is 3. The van der Waals surface area contributed by atoms with E-state index in [9.17, 15) is 14.4 Å². The van der Waals surface area contributed by atoms with Crippen LogP contribution in [-0.2, 0) is 28.6 Å². The molecule has 0 bridgehead atoms. The molecule has 0 aromatic rings. The third kappa shape index (κ3) is 50.0. The number of hydrogen-bond donors (Lipinski definition) is 0. The van der Waals surface area contributed by atoms with E-state index in [4.69, 9.17) is 14.2 Å². The van der Waals surface area contributed by atoms with E-state index in [1.807, 2.05) is 0 Å². The molecule has 1 atom stereocenters. The molecular weight excluding hydrogens is 781 g/mol. The third-order valence-corrected chi connectivity index (χ3v) is 11.5. The van der Waals surface area contributed by atoms with Crippen LogP contribution < -0.4 is 0 Å². The Hall–Kier alpha value is -2.89. The van der Waals surface area contributed by atoms with E-state index >= 15 is 0 Å². The smallest absolute Gasteiger partial charge is 0.306 e. The van der Waals surface area contributed by atoms with Crippen LogP contribution in [0, 0.1) is 0 Å². The number of ether oxygens (including phenoxy) is 3. The van der Waals surface area contributed by atoms with Gasteiger partial charge in [0.2, 0.25) is 0 Å². The highest BCUT2D eigenvalue weighted by Crippen LogP contribution is 2.15. The van der Waals surface area contributed by atoms with E-state index < -0.39 is 6.10 Å². The zero-order valence-electron chi connectivity index (χ0n) is 41.6. The summed E-state index contributed by atoms with van der Waals surface area (Å²) in [6.07, 6.45) is 63.5. The van der Waals surface area contributed by atoms with Gasteiger partial charge in [0, 0.05) is 19.3 Å². The van der Waals surface area contributed by atoms with E-state index in [-0.39, 0.29) is 37.5 Å². The summed E-state index contributed by atoms with van der Waals surface area (Å²) in [5, 5.41) is 0. The van der Waals surface area contributed by atoms with E-state index in [0.29, 0.717) is 19.3 Å². The van der Waals surface area contributed by atoms with Gasteiger partial charge in [0.05, 0.1) is 0 Å². The van der Waals surface area contributed by atoms with Crippen LogP contribution in [0.4, 0.5) is 0 Å². The largest absolute Gasteiger partial charge is 0.462 e. The van der Waals surface area contributed by atoms with Gasteiger partial charge in [0.25, 0.3) is 0 Å². The zero-order chi connectivity index (χ0) is 45.8. The Morgan fingerprint density at radius 2 is 0.571 bits per heavy atom. The van der Waals surface area contributed by atoms with Gasteiger partial charge in [-0.1, -0.05) is 216 Å². The maximum Gasteiger partial charge on any atom is 0.306 e. The Morgan fingerprint density at radius 3 is 0.952 bits per heavy atom. The second-order valence-corrected chi connectivity index (χ2v) is 17.8. The number of hydrogen-bond acceptors (Lipinski definition) is 6. The van der Waals surface area contributed by atoms with Gasteiger partial charge in [-0.2, -0.15) is 0 Å². The maximum atomic E-state index is 12.8. The molecule has 0 spiro atoms. The standard InChI is InChI=1S/C57H100O6/c1-4-7-10-13-16-19-22-24-26-27-28-29-31-32-35-38-41-44-47-50-56(59)62-53-54(52-61-55(58)49-46-43-40-37-34-21-18-15-12-9-6-3)63-57(60)51-48-45-42-39-36-33-30-25-23-20-17-14-11-8-5-2/h16-17,19-20,24-26,30,36,39,54H,4-15,18,21-23,27-29,31-35,37-38,40-53H2,1-3H3/b19-16-,20-17-,26-24-,30-25-,39-36-/t54-/m0/s1. The quantitative estimate of drug-likeness (QED) is 0.0262. The topological polar surface area (TPSA) is 78.9 Å². The summed E-state index contributed by atoms with van der Waals surface area (Å²) in [7, 11) is 0. The Balaban J connectivity index is 4.39. The number of carbonyl (C=O) groups is 3. The molecule has 0 amide bonds. The lowest BCUT2D eigenvalue weighted by molar-refractivity contribution is -0.167. The first-order chi connectivity index (χ1) is 31.0. The molecule has 0 fully saturated rings. The van der Waals surface area contributed by atoms with Crippen LogP contribution in [0.3, 0.4) is 0 Å². The van der Waals surface area contributed by atoms with Crippen molar-refractivity contribution in [2.75, 3.05) is 13.2 Å². The second kappa shape index (κ2) is 51.7. The molecule has 6 heteroatoms. The molecule has 0 unspecified atom stereocenters. The summed E-state index contributed by atoms with van der Waals surface area (Å²) in [5.74, 6) is -0.927. The monoisotopic (exact) mass is 881 g/mol. The number of carbonyl (C=O) groups excluding carboxylic acids is 3. The lowest BCUT2D eigenvalue weighted by Crippen LogP contribution is -2.30. The molecule has 0 radical (unpaired) electrons. The van der Waals surface area contributed by atoms with E-state index in [2.05, 4.69) is 81.5 Å². The molecule has 0 aromatic heterocycles. The average Bonchev–Trinajstić information content (AvgIpc) is 3.28. The molecular formula is C57H100O6. The summed E-state index contributed by atoms with van der Waals surface area (Å²) in [4.78, 5) is 38.0. The molecule has 0 heterocycles. The van der Waals surface area contributed by atoms with Crippen molar-refractivity contribution in [1.82, 2.24) is 0 Å². The fourth-order valence-corrected chi connectivity index (χ4v) is 7.42. The third-order valence-electron chi connectivity index (χ3n) is 11.5. The summed E-state index contributed by atoms with van der Waals surface area (Å²) < 4.78 is 16.8. The molecule has 0 saturated heterocycles. The average molecular weight is 881 g/mol. The highest BCUT2D eigenvalue weighted by molar-refractivity contribution is 5.71. The van der Waals surface area contributed by atoms with Crippen molar-refractivity contribution >= 4 is 17.9 Å². The summed E-state index contributed by atoms with van der Waals surface area (Å²) in [6.45, 7) is 6.55. The molecule has 0 aliphatic heterocycles. The molecule has 0 rings (SSSR count). The Kier molecular flexibility index (Phi) is 49.4. The lowest BCUT2D eigenvalue weighted by Gasteiger charge is -2.18. The van der Waals surface area contributed by atoms with Crippen LogP contribution in [0.15, 0.2) is 60.8 Å². The van der Waals surface area contributed by atoms with Gasteiger partial charge in [0.15, 0.2) is 6.10 Å². The second-order valence-electron chi connectivity index (χ2n) is 17.8. The normalized spacial score (nSPS) is 12.5. The Morgan fingerprint density at radius 1 is 0.317 bits per heavy atom.